The van der Waals surface area contributed by atoms with Crippen molar-refractivity contribution in [3.05, 3.63) is 65.4 Å². The van der Waals surface area contributed by atoms with Gasteiger partial charge in [0.2, 0.25) is 0 Å². The van der Waals surface area contributed by atoms with E-state index in [2.05, 4.69) is 15.0 Å². The number of pyridine rings is 1. The highest BCUT2D eigenvalue weighted by atomic mass is 32.2. The van der Waals surface area contributed by atoms with E-state index in [-0.39, 0.29) is 10.8 Å². The van der Waals surface area contributed by atoms with Crippen molar-refractivity contribution in [2.75, 3.05) is 30.9 Å². The van der Waals surface area contributed by atoms with Gasteiger partial charge in [-0.1, -0.05) is 18.2 Å². The number of amides is 1. The van der Waals surface area contributed by atoms with Gasteiger partial charge in [-0.05, 0) is 49.2 Å². The number of fused-ring (bicyclic) bond motifs is 1. The van der Waals surface area contributed by atoms with Gasteiger partial charge in [0.05, 0.1) is 16.1 Å². The van der Waals surface area contributed by atoms with E-state index in [4.69, 9.17) is 0 Å². The molecular formula is C22H24N4O3S. The number of hydrogen-bond acceptors (Lipinski definition) is 5. The summed E-state index contributed by atoms with van der Waals surface area (Å²) in [6.45, 7) is 6.45. The highest BCUT2D eigenvalue weighted by molar-refractivity contribution is 7.92. The van der Waals surface area contributed by atoms with Crippen LogP contribution in [0.2, 0.25) is 0 Å². The average molecular weight is 425 g/mol. The van der Waals surface area contributed by atoms with Crippen LogP contribution in [-0.4, -0.2) is 50.4 Å². The van der Waals surface area contributed by atoms with Gasteiger partial charge in [-0.15, -0.1) is 0 Å². The summed E-state index contributed by atoms with van der Waals surface area (Å²) in [5, 5.41) is 4.10. The van der Waals surface area contributed by atoms with E-state index in [1.165, 1.54) is 12.1 Å². The van der Waals surface area contributed by atoms with Crippen molar-refractivity contribution in [1.82, 2.24) is 15.2 Å². The van der Waals surface area contributed by atoms with E-state index in [0.717, 1.165) is 29.6 Å². The van der Waals surface area contributed by atoms with Gasteiger partial charge in [0.15, 0.2) is 0 Å². The summed E-state index contributed by atoms with van der Waals surface area (Å²) in [6, 6.07) is 12.0. The molecule has 4 rings (SSSR count). The lowest BCUT2D eigenvalue weighted by Crippen LogP contribution is -2.46. The Bertz CT molecular complexity index is 1220. The quantitative estimate of drug-likeness (QED) is 0.672. The van der Waals surface area contributed by atoms with E-state index in [1.807, 2.05) is 32.0 Å². The van der Waals surface area contributed by atoms with Crippen LogP contribution in [0.1, 0.15) is 21.5 Å². The van der Waals surface area contributed by atoms with Gasteiger partial charge in [-0.25, -0.2) is 8.42 Å². The van der Waals surface area contributed by atoms with Crippen LogP contribution in [0.15, 0.2) is 53.6 Å². The van der Waals surface area contributed by atoms with Crippen LogP contribution in [0.3, 0.4) is 0 Å². The molecule has 0 unspecified atom stereocenters. The summed E-state index contributed by atoms with van der Waals surface area (Å²) in [5.74, 6) is -0.145. The number of sulfonamides is 1. The average Bonchev–Trinajstić information content (AvgIpc) is 2.76. The van der Waals surface area contributed by atoms with Crippen LogP contribution in [-0.2, 0) is 10.0 Å². The van der Waals surface area contributed by atoms with Crippen LogP contribution < -0.4 is 10.0 Å². The molecular weight excluding hydrogens is 400 g/mol. The smallest absolute Gasteiger partial charge is 0.261 e. The summed E-state index contributed by atoms with van der Waals surface area (Å²) < 4.78 is 28.9. The van der Waals surface area contributed by atoms with Crippen molar-refractivity contribution in [2.24, 2.45) is 0 Å². The van der Waals surface area contributed by atoms with Crippen molar-refractivity contribution < 1.29 is 13.2 Å². The normalized spacial score (nSPS) is 14.7. The van der Waals surface area contributed by atoms with E-state index in [9.17, 15) is 13.2 Å². The Morgan fingerprint density at radius 1 is 1.07 bits per heavy atom. The molecule has 1 aliphatic rings. The molecule has 30 heavy (non-hydrogen) atoms. The topological polar surface area (TPSA) is 91.4 Å². The molecule has 8 heteroatoms. The van der Waals surface area contributed by atoms with Crippen LogP contribution in [0.4, 0.5) is 5.69 Å². The number of aryl methyl sites for hydroxylation is 2. The van der Waals surface area contributed by atoms with Crippen LogP contribution in [0.5, 0.6) is 0 Å². The highest BCUT2D eigenvalue weighted by Gasteiger charge is 2.23. The second-order valence-electron chi connectivity index (χ2n) is 7.45. The first-order valence-electron chi connectivity index (χ1n) is 9.84. The molecule has 0 saturated carbocycles. The first kappa shape index (κ1) is 20.3. The third-order valence-electron chi connectivity index (χ3n) is 5.39. The molecule has 156 valence electrons. The lowest BCUT2D eigenvalue weighted by atomic mass is 10.1. The number of nitrogens with one attached hydrogen (secondary N) is 2. The summed E-state index contributed by atoms with van der Waals surface area (Å²) in [7, 11) is -3.89. The fourth-order valence-electron chi connectivity index (χ4n) is 3.64. The number of carbonyl (C=O) groups excluding carboxylic acids is 1. The Kier molecular flexibility index (Phi) is 5.44. The fraction of sp³-hybridized carbons (Fsp3) is 0.273. The Balaban J connectivity index is 1.68. The number of benzene rings is 2. The molecule has 1 aromatic heterocycles. The maximum Gasteiger partial charge on any atom is 0.261 e. The standard InChI is InChI=1S/C22H24N4O3S/c1-15-6-8-20(21-18(15)4-3-9-24-21)25-30(28,29)17-7-5-16(2)19(14-17)22(27)26-12-10-23-11-13-26/h3-9,14,23,25H,10-13H2,1-2H3. The van der Waals surface area contributed by atoms with Gasteiger partial charge in [0.25, 0.3) is 15.9 Å². The van der Waals surface area contributed by atoms with Crippen molar-refractivity contribution in [3.63, 3.8) is 0 Å². The lowest BCUT2D eigenvalue weighted by molar-refractivity contribution is 0.0735. The summed E-state index contributed by atoms with van der Waals surface area (Å²) in [6.07, 6.45) is 1.63. The van der Waals surface area contributed by atoms with Gasteiger partial charge in [0.1, 0.15) is 0 Å². The van der Waals surface area contributed by atoms with Crippen molar-refractivity contribution in [1.29, 1.82) is 0 Å². The summed E-state index contributed by atoms with van der Waals surface area (Å²) in [4.78, 5) is 19.1. The largest absolute Gasteiger partial charge is 0.336 e. The molecule has 0 radical (unpaired) electrons. The van der Waals surface area contributed by atoms with Crippen LogP contribution in [0, 0.1) is 13.8 Å². The number of nitrogens with zero attached hydrogens (tertiary/aromatic N) is 2. The van der Waals surface area contributed by atoms with Gasteiger partial charge in [-0.3, -0.25) is 14.5 Å². The van der Waals surface area contributed by atoms with Crippen LogP contribution >= 0.6 is 0 Å². The number of aromatic nitrogens is 1. The predicted molar refractivity (Wildman–Crippen MR) is 117 cm³/mol. The predicted octanol–water partition coefficient (Wildman–Crippen LogP) is 2.70. The number of anilines is 1. The summed E-state index contributed by atoms with van der Waals surface area (Å²) >= 11 is 0. The van der Waals surface area contributed by atoms with Crippen molar-refractivity contribution in [3.8, 4) is 0 Å². The van der Waals surface area contributed by atoms with E-state index >= 15 is 0 Å². The lowest BCUT2D eigenvalue weighted by Gasteiger charge is -2.28. The van der Waals surface area contributed by atoms with E-state index in [0.29, 0.717) is 29.9 Å². The highest BCUT2D eigenvalue weighted by Crippen LogP contribution is 2.27. The molecule has 0 bridgehead atoms. The molecule has 0 spiro atoms. The molecule has 1 saturated heterocycles. The zero-order valence-electron chi connectivity index (χ0n) is 17.0. The van der Waals surface area contributed by atoms with Gasteiger partial charge in [-0.2, -0.15) is 0 Å². The minimum Gasteiger partial charge on any atom is -0.336 e. The molecule has 1 amide bonds. The van der Waals surface area contributed by atoms with E-state index < -0.39 is 10.0 Å². The Labute approximate surface area is 176 Å². The molecule has 3 aromatic rings. The molecule has 2 aromatic carbocycles. The number of piperazine rings is 1. The minimum atomic E-state index is -3.89. The summed E-state index contributed by atoms with van der Waals surface area (Å²) in [5.41, 5.74) is 3.17. The van der Waals surface area contributed by atoms with Gasteiger partial charge < -0.3 is 10.2 Å². The third kappa shape index (κ3) is 3.88. The van der Waals surface area contributed by atoms with Gasteiger partial charge >= 0.3 is 0 Å². The number of carbonyl (C=O) groups is 1. The van der Waals surface area contributed by atoms with Gasteiger partial charge in [0, 0.05) is 43.3 Å². The first-order chi connectivity index (χ1) is 14.4. The molecule has 1 aliphatic heterocycles. The third-order valence-corrected chi connectivity index (χ3v) is 6.75. The zero-order chi connectivity index (χ0) is 21.3. The van der Waals surface area contributed by atoms with E-state index in [1.54, 1.807) is 23.2 Å². The maximum absolute atomic E-state index is 13.1. The Morgan fingerprint density at radius 3 is 2.57 bits per heavy atom. The molecule has 1 fully saturated rings. The monoisotopic (exact) mass is 424 g/mol. The molecule has 7 nitrogen and oxygen atoms in total. The molecule has 0 aliphatic carbocycles. The SMILES string of the molecule is Cc1ccc(S(=O)(=O)Nc2ccc(C)c3cccnc23)cc1C(=O)N1CCNCC1. The van der Waals surface area contributed by atoms with Crippen molar-refractivity contribution in [2.45, 2.75) is 18.7 Å². The first-order valence-corrected chi connectivity index (χ1v) is 11.3. The number of rotatable bonds is 4. The fourth-order valence-corrected chi connectivity index (χ4v) is 4.73. The Morgan fingerprint density at radius 2 is 1.80 bits per heavy atom. The molecule has 2 N–H and O–H groups in total. The zero-order valence-corrected chi connectivity index (χ0v) is 17.8. The minimum absolute atomic E-state index is 0.0521. The van der Waals surface area contributed by atoms with Crippen LogP contribution in [0.25, 0.3) is 10.9 Å². The Hall–Kier alpha value is -2.97. The molecule has 0 atom stereocenters. The second kappa shape index (κ2) is 8.04. The number of hydrogen-bond donors (Lipinski definition) is 2. The maximum atomic E-state index is 13.1. The molecule has 2 heterocycles. The second-order valence-corrected chi connectivity index (χ2v) is 9.14. The van der Waals surface area contributed by atoms with Crippen molar-refractivity contribution >= 4 is 32.5 Å².